The van der Waals surface area contributed by atoms with Crippen LogP contribution in [0.3, 0.4) is 0 Å². The molecule has 29 heavy (non-hydrogen) atoms. The van der Waals surface area contributed by atoms with E-state index in [0.29, 0.717) is 11.1 Å². The van der Waals surface area contributed by atoms with E-state index in [9.17, 15) is 10.1 Å². The summed E-state index contributed by atoms with van der Waals surface area (Å²) in [7, 11) is 0. The molecular formula is C23H18N4O2. The average molecular weight is 382 g/mol. The molecule has 0 aliphatic carbocycles. The third kappa shape index (κ3) is 2.63. The summed E-state index contributed by atoms with van der Waals surface area (Å²) in [6.45, 7) is 4.16. The summed E-state index contributed by atoms with van der Waals surface area (Å²) in [6.07, 6.45) is 0. The van der Waals surface area contributed by atoms with Crippen LogP contribution in [0.25, 0.3) is 16.6 Å². The molecule has 2 aliphatic rings. The Balaban J connectivity index is 1.74. The number of aromatic amines is 1. The van der Waals surface area contributed by atoms with Gasteiger partial charge in [0.05, 0.1) is 40.0 Å². The first-order chi connectivity index (χ1) is 14.1. The second-order valence-electron chi connectivity index (χ2n) is 7.42. The Morgan fingerprint density at radius 2 is 1.97 bits per heavy atom. The quantitative estimate of drug-likeness (QED) is 0.661. The van der Waals surface area contributed by atoms with Gasteiger partial charge in [-0.2, -0.15) is 10.4 Å². The molecule has 6 nitrogen and oxygen atoms in total. The SMILES string of the molecule is Cc1ccc(C2=C(C#N)C(c3ccc4n[nH]c(C)c4c3)C3=C(COC3=O)N2)cc1. The van der Waals surface area contributed by atoms with Crippen molar-refractivity contribution in [3.05, 3.63) is 81.7 Å². The summed E-state index contributed by atoms with van der Waals surface area (Å²) in [5.41, 5.74) is 7.17. The largest absolute Gasteiger partial charge is 0.456 e. The highest BCUT2D eigenvalue weighted by Gasteiger charge is 2.40. The van der Waals surface area contributed by atoms with Gasteiger partial charge >= 0.3 is 5.97 Å². The van der Waals surface area contributed by atoms with E-state index in [0.717, 1.165) is 44.7 Å². The fourth-order valence-electron chi connectivity index (χ4n) is 4.06. The molecule has 0 spiro atoms. The maximum absolute atomic E-state index is 12.6. The first-order valence-corrected chi connectivity index (χ1v) is 9.40. The topological polar surface area (TPSA) is 90.8 Å². The van der Waals surface area contributed by atoms with Crippen LogP contribution in [-0.2, 0) is 9.53 Å². The van der Waals surface area contributed by atoms with Crippen molar-refractivity contribution in [3.8, 4) is 6.07 Å². The second kappa shape index (κ2) is 6.35. The molecule has 3 aromatic rings. The standard InChI is InChI=1S/C23H18N4O2/c1-12-3-5-14(6-4-12)22-17(10-24)20(21-19(25-22)11-29-23(21)28)15-7-8-18-16(9-15)13(2)26-27-18/h3-9,20,25H,11H2,1-2H3,(H,26,27). The Bertz CT molecular complexity index is 1270. The van der Waals surface area contributed by atoms with Crippen LogP contribution in [0.1, 0.15) is 28.3 Å². The highest BCUT2D eigenvalue weighted by Crippen LogP contribution is 2.43. The van der Waals surface area contributed by atoms with Gasteiger partial charge < -0.3 is 10.1 Å². The van der Waals surface area contributed by atoms with Crippen molar-refractivity contribution in [1.82, 2.24) is 15.5 Å². The maximum atomic E-state index is 12.6. The monoisotopic (exact) mass is 382 g/mol. The number of carbonyl (C=O) groups is 1. The zero-order valence-corrected chi connectivity index (χ0v) is 16.0. The number of H-pyrrole nitrogens is 1. The van der Waals surface area contributed by atoms with Crippen LogP contribution in [0.4, 0.5) is 0 Å². The molecule has 1 unspecified atom stereocenters. The number of rotatable bonds is 2. The summed E-state index contributed by atoms with van der Waals surface area (Å²) in [6, 6.07) is 16.2. The molecule has 142 valence electrons. The van der Waals surface area contributed by atoms with Crippen LogP contribution in [0.2, 0.25) is 0 Å². The molecule has 1 atom stereocenters. The molecule has 0 radical (unpaired) electrons. The lowest BCUT2D eigenvalue weighted by Crippen LogP contribution is -2.26. The molecule has 0 fully saturated rings. The van der Waals surface area contributed by atoms with E-state index in [1.807, 2.05) is 56.3 Å². The molecule has 1 aromatic heterocycles. The number of esters is 1. The zero-order chi connectivity index (χ0) is 20.1. The van der Waals surface area contributed by atoms with E-state index in [1.54, 1.807) is 0 Å². The lowest BCUT2D eigenvalue weighted by Gasteiger charge is -2.27. The van der Waals surface area contributed by atoms with Gasteiger partial charge in [-0.15, -0.1) is 0 Å². The number of fused-ring (bicyclic) bond motifs is 1. The van der Waals surface area contributed by atoms with E-state index in [-0.39, 0.29) is 12.6 Å². The van der Waals surface area contributed by atoms with Crippen LogP contribution < -0.4 is 5.32 Å². The van der Waals surface area contributed by atoms with Crippen molar-refractivity contribution >= 4 is 22.6 Å². The second-order valence-corrected chi connectivity index (χ2v) is 7.42. The Morgan fingerprint density at radius 3 is 2.72 bits per heavy atom. The van der Waals surface area contributed by atoms with Crippen LogP contribution in [-0.4, -0.2) is 22.8 Å². The van der Waals surface area contributed by atoms with Gasteiger partial charge in [0.1, 0.15) is 6.61 Å². The van der Waals surface area contributed by atoms with E-state index >= 15 is 0 Å². The number of carbonyl (C=O) groups excluding carboxylic acids is 1. The Morgan fingerprint density at radius 1 is 1.17 bits per heavy atom. The van der Waals surface area contributed by atoms with Crippen molar-refractivity contribution in [2.75, 3.05) is 6.61 Å². The molecule has 0 bridgehead atoms. The predicted molar refractivity (Wildman–Crippen MR) is 108 cm³/mol. The highest BCUT2D eigenvalue weighted by molar-refractivity contribution is 5.98. The number of cyclic esters (lactones) is 1. The number of hydrogen-bond acceptors (Lipinski definition) is 5. The number of aryl methyl sites for hydroxylation is 2. The molecule has 0 amide bonds. The van der Waals surface area contributed by atoms with Gasteiger partial charge in [-0.05, 0) is 37.1 Å². The number of hydrogen-bond donors (Lipinski definition) is 2. The Labute approximate surface area is 167 Å². The molecule has 0 saturated carbocycles. The summed E-state index contributed by atoms with van der Waals surface area (Å²) < 4.78 is 5.31. The summed E-state index contributed by atoms with van der Waals surface area (Å²) in [5.74, 6) is -0.863. The van der Waals surface area contributed by atoms with Crippen LogP contribution >= 0.6 is 0 Å². The summed E-state index contributed by atoms with van der Waals surface area (Å²) in [5, 5.41) is 21.6. The van der Waals surface area contributed by atoms with Crippen molar-refractivity contribution in [2.24, 2.45) is 0 Å². The van der Waals surface area contributed by atoms with E-state index in [4.69, 9.17) is 4.74 Å². The first kappa shape index (κ1) is 17.3. The number of dihydropyridines is 1. The smallest absolute Gasteiger partial charge is 0.337 e. The number of aromatic nitrogens is 2. The van der Waals surface area contributed by atoms with Gasteiger partial charge in [0.25, 0.3) is 0 Å². The molecule has 5 rings (SSSR count). The molecular weight excluding hydrogens is 364 g/mol. The van der Waals surface area contributed by atoms with Gasteiger partial charge in [0, 0.05) is 11.1 Å². The Kier molecular flexibility index (Phi) is 3.78. The molecule has 0 saturated heterocycles. The number of nitriles is 1. The van der Waals surface area contributed by atoms with Crippen LogP contribution in [0.5, 0.6) is 0 Å². The zero-order valence-electron chi connectivity index (χ0n) is 16.0. The predicted octanol–water partition coefficient (Wildman–Crippen LogP) is 3.61. The summed E-state index contributed by atoms with van der Waals surface area (Å²) >= 11 is 0. The molecule has 2 N–H and O–H groups in total. The average Bonchev–Trinajstić information content (AvgIpc) is 3.29. The fraction of sp³-hybridized carbons (Fsp3) is 0.174. The number of benzene rings is 2. The van der Waals surface area contributed by atoms with Gasteiger partial charge in [0.2, 0.25) is 0 Å². The van der Waals surface area contributed by atoms with Gasteiger partial charge in [-0.1, -0.05) is 35.9 Å². The van der Waals surface area contributed by atoms with E-state index in [2.05, 4.69) is 21.6 Å². The highest BCUT2D eigenvalue weighted by atomic mass is 16.5. The van der Waals surface area contributed by atoms with Crippen molar-refractivity contribution in [1.29, 1.82) is 5.26 Å². The minimum absolute atomic E-state index is 0.186. The first-order valence-electron chi connectivity index (χ1n) is 9.40. The molecule has 2 aliphatic heterocycles. The minimum atomic E-state index is -0.485. The third-order valence-corrected chi connectivity index (χ3v) is 5.58. The molecule has 2 aromatic carbocycles. The van der Waals surface area contributed by atoms with Crippen LogP contribution in [0, 0.1) is 25.2 Å². The van der Waals surface area contributed by atoms with Crippen molar-refractivity contribution in [3.63, 3.8) is 0 Å². The number of ether oxygens (including phenoxy) is 1. The number of nitrogens with zero attached hydrogens (tertiary/aromatic N) is 2. The van der Waals surface area contributed by atoms with Crippen LogP contribution in [0.15, 0.2) is 59.3 Å². The van der Waals surface area contributed by atoms with Gasteiger partial charge in [0.15, 0.2) is 0 Å². The van der Waals surface area contributed by atoms with E-state index < -0.39 is 5.92 Å². The van der Waals surface area contributed by atoms with Gasteiger partial charge in [-0.25, -0.2) is 4.79 Å². The maximum Gasteiger partial charge on any atom is 0.337 e. The number of allylic oxidation sites excluding steroid dienone is 1. The fourth-order valence-corrected chi connectivity index (χ4v) is 4.06. The molecule has 3 heterocycles. The van der Waals surface area contributed by atoms with E-state index in [1.165, 1.54) is 0 Å². The van der Waals surface area contributed by atoms with Crippen molar-refractivity contribution < 1.29 is 9.53 Å². The minimum Gasteiger partial charge on any atom is -0.456 e. The molecule has 6 heteroatoms. The lowest BCUT2D eigenvalue weighted by atomic mass is 9.80. The lowest BCUT2D eigenvalue weighted by molar-refractivity contribution is -0.136. The normalized spacial score (nSPS) is 18.5. The Hall–Kier alpha value is -3.85. The van der Waals surface area contributed by atoms with Crippen molar-refractivity contribution in [2.45, 2.75) is 19.8 Å². The third-order valence-electron chi connectivity index (χ3n) is 5.58. The van der Waals surface area contributed by atoms with Gasteiger partial charge in [-0.3, -0.25) is 5.10 Å². The summed E-state index contributed by atoms with van der Waals surface area (Å²) in [4.78, 5) is 12.6. The number of nitrogens with one attached hydrogen (secondary N) is 2.